The highest BCUT2D eigenvalue weighted by Gasteiger charge is 2.06. The fourth-order valence-electron chi connectivity index (χ4n) is 0.794. The molecule has 5 nitrogen and oxygen atoms in total. The number of nitrogens with zero attached hydrogens (tertiary/aromatic N) is 1. The van der Waals surface area contributed by atoms with Gasteiger partial charge in [-0.05, 0) is 0 Å². The topological polar surface area (TPSA) is 72.8 Å². The molecule has 0 atom stereocenters. The zero-order valence-electron chi connectivity index (χ0n) is 8.16. The standard InChI is InChI=1S/C8H18N2O3/c1-10(2)8(13)3-4-9-7(5-11)6-12/h7,9,11-12H,3-6H2,1-2H3. The number of aliphatic hydroxyl groups is 2. The highest BCUT2D eigenvalue weighted by molar-refractivity contribution is 5.75. The van der Waals surface area contributed by atoms with Crippen LogP contribution in [0.15, 0.2) is 0 Å². The highest BCUT2D eigenvalue weighted by Crippen LogP contribution is 1.86. The van der Waals surface area contributed by atoms with Gasteiger partial charge in [-0.1, -0.05) is 0 Å². The molecule has 0 spiro atoms. The van der Waals surface area contributed by atoms with Gasteiger partial charge in [0.05, 0.1) is 19.3 Å². The quantitative estimate of drug-likeness (QED) is 0.472. The van der Waals surface area contributed by atoms with E-state index in [4.69, 9.17) is 10.2 Å². The van der Waals surface area contributed by atoms with Crippen molar-refractivity contribution in [2.45, 2.75) is 12.5 Å². The lowest BCUT2D eigenvalue weighted by atomic mass is 10.3. The van der Waals surface area contributed by atoms with Gasteiger partial charge in [0.1, 0.15) is 0 Å². The van der Waals surface area contributed by atoms with E-state index < -0.39 is 0 Å². The second-order valence-corrected chi connectivity index (χ2v) is 3.05. The minimum Gasteiger partial charge on any atom is -0.395 e. The van der Waals surface area contributed by atoms with Crippen LogP contribution in [-0.2, 0) is 4.79 Å². The van der Waals surface area contributed by atoms with Crippen LogP contribution in [-0.4, -0.2) is 60.9 Å². The molecular weight excluding hydrogens is 172 g/mol. The van der Waals surface area contributed by atoms with Gasteiger partial charge < -0.3 is 20.4 Å². The van der Waals surface area contributed by atoms with Crippen molar-refractivity contribution in [1.82, 2.24) is 10.2 Å². The summed E-state index contributed by atoms with van der Waals surface area (Å²) in [6.45, 7) is 0.238. The SMILES string of the molecule is CN(C)C(=O)CCNC(CO)CO. The minimum atomic E-state index is -0.324. The van der Waals surface area contributed by atoms with Crippen LogP contribution in [0, 0.1) is 0 Å². The Morgan fingerprint density at radius 2 is 1.92 bits per heavy atom. The summed E-state index contributed by atoms with van der Waals surface area (Å²) in [6, 6.07) is -0.324. The zero-order chi connectivity index (χ0) is 10.3. The first-order valence-electron chi connectivity index (χ1n) is 4.27. The number of rotatable bonds is 6. The van der Waals surface area contributed by atoms with Crippen LogP contribution in [0.4, 0.5) is 0 Å². The third-order valence-corrected chi connectivity index (χ3v) is 1.71. The van der Waals surface area contributed by atoms with E-state index in [2.05, 4.69) is 5.32 Å². The summed E-state index contributed by atoms with van der Waals surface area (Å²) in [5, 5.41) is 20.2. The molecule has 0 fully saturated rings. The maximum absolute atomic E-state index is 11.1. The van der Waals surface area contributed by atoms with E-state index >= 15 is 0 Å². The Morgan fingerprint density at radius 1 is 1.38 bits per heavy atom. The van der Waals surface area contributed by atoms with Gasteiger partial charge in [0, 0.05) is 27.1 Å². The van der Waals surface area contributed by atoms with E-state index in [0.717, 1.165) is 0 Å². The Bertz CT molecular complexity index is 146. The zero-order valence-corrected chi connectivity index (χ0v) is 8.16. The monoisotopic (exact) mass is 190 g/mol. The van der Waals surface area contributed by atoms with Crippen molar-refractivity contribution < 1.29 is 15.0 Å². The number of amides is 1. The Hall–Kier alpha value is -0.650. The lowest BCUT2D eigenvalue weighted by Gasteiger charge is -2.14. The van der Waals surface area contributed by atoms with Gasteiger partial charge in [-0.3, -0.25) is 4.79 Å². The maximum atomic E-state index is 11.1. The van der Waals surface area contributed by atoms with Gasteiger partial charge in [0.15, 0.2) is 0 Å². The summed E-state index contributed by atoms with van der Waals surface area (Å²) < 4.78 is 0. The summed E-state index contributed by atoms with van der Waals surface area (Å²) in [7, 11) is 3.38. The lowest BCUT2D eigenvalue weighted by Crippen LogP contribution is -2.38. The largest absolute Gasteiger partial charge is 0.395 e. The second-order valence-electron chi connectivity index (χ2n) is 3.05. The second kappa shape index (κ2) is 6.82. The fraction of sp³-hybridized carbons (Fsp3) is 0.875. The van der Waals surface area contributed by atoms with Crippen LogP contribution in [0.25, 0.3) is 0 Å². The average Bonchev–Trinajstić information content (AvgIpc) is 2.12. The van der Waals surface area contributed by atoms with Crippen LogP contribution in [0.5, 0.6) is 0 Å². The van der Waals surface area contributed by atoms with Gasteiger partial charge >= 0.3 is 0 Å². The van der Waals surface area contributed by atoms with Crippen molar-refractivity contribution in [2.24, 2.45) is 0 Å². The van der Waals surface area contributed by atoms with Gasteiger partial charge in [-0.2, -0.15) is 0 Å². The van der Waals surface area contributed by atoms with Gasteiger partial charge in [-0.15, -0.1) is 0 Å². The molecule has 0 unspecified atom stereocenters. The van der Waals surface area contributed by atoms with E-state index in [-0.39, 0.29) is 25.2 Å². The van der Waals surface area contributed by atoms with Crippen molar-refractivity contribution in [3.8, 4) is 0 Å². The van der Waals surface area contributed by atoms with E-state index in [9.17, 15) is 4.79 Å². The number of hydrogen-bond donors (Lipinski definition) is 3. The molecule has 1 amide bonds. The summed E-state index contributed by atoms with van der Waals surface area (Å²) in [5.41, 5.74) is 0. The third kappa shape index (κ3) is 5.57. The Kier molecular flexibility index (Phi) is 6.48. The molecule has 78 valence electrons. The van der Waals surface area contributed by atoms with Gasteiger partial charge in [0.25, 0.3) is 0 Å². The number of hydrogen-bond acceptors (Lipinski definition) is 4. The smallest absolute Gasteiger partial charge is 0.223 e. The van der Waals surface area contributed by atoms with Crippen LogP contribution in [0.1, 0.15) is 6.42 Å². The summed E-state index contributed by atoms with van der Waals surface area (Å²) >= 11 is 0. The molecule has 0 aromatic carbocycles. The predicted octanol–water partition coefficient (Wildman–Crippen LogP) is -1.59. The van der Waals surface area contributed by atoms with Crippen molar-refractivity contribution in [3.63, 3.8) is 0 Å². The Morgan fingerprint density at radius 3 is 2.31 bits per heavy atom. The molecule has 3 N–H and O–H groups in total. The molecule has 13 heavy (non-hydrogen) atoms. The summed E-state index contributed by atoms with van der Waals surface area (Å²) in [5.74, 6) is 0.0297. The molecule has 0 aliphatic rings. The number of carbonyl (C=O) groups excluding carboxylic acids is 1. The Balaban J connectivity index is 3.49. The highest BCUT2D eigenvalue weighted by atomic mass is 16.3. The van der Waals surface area contributed by atoms with Crippen molar-refractivity contribution >= 4 is 5.91 Å². The number of aliphatic hydroxyl groups excluding tert-OH is 2. The molecule has 0 rings (SSSR count). The first-order valence-corrected chi connectivity index (χ1v) is 4.27. The van der Waals surface area contributed by atoms with Crippen LogP contribution >= 0.6 is 0 Å². The molecule has 0 saturated heterocycles. The normalized spacial score (nSPS) is 10.5. The third-order valence-electron chi connectivity index (χ3n) is 1.71. The molecule has 0 aromatic heterocycles. The Labute approximate surface area is 78.4 Å². The summed E-state index contributed by atoms with van der Waals surface area (Å²) in [6.07, 6.45) is 0.378. The van der Waals surface area contributed by atoms with Crippen molar-refractivity contribution in [1.29, 1.82) is 0 Å². The van der Waals surface area contributed by atoms with Gasteiger partial charge in [-0.25, -0.2) is 0 Å². The van der Waals surface area contributed by atoms with E-state index in [1.807, 2.05) is 0 Å². The molecule has 0 aliphatic heterocycles. The summed E-state index contributed by atoms with van der Waals surface area (Å²) in [4.78, 5) is 12.6. The number of nitrogens with one attached hydrogen (secondary N) is 1. The molecule has 0 radical (unpaired) electrons. The lowest BCUT2D eigenvalue weighted by molar-refractivity contribution is -0.128. The van der Waals surface area contributed by atoms with E-state index in [0.29, 0.717) is 13.0 Å². The average molecular weight is 190 g/mol. The fourth-order valence-corrected chi connectivity index (χ4v) is 0.794. The predicted molar refractivity (Wildman–Crippen MR) is 49.3 cm³/mol. The van der Waals surface area contributed by atoms with Crippen LogP contribution in [0.3, 0.4) is 0 Å². The van der Waals surface area contributed by atoms with Crippen LogP contribution < -0.4 is 5.32 Å². The first-order chi connectivity index (χ1) is 6.11. The molecular formula is C8H18N2O3. The molecule has 0 bridgehead atoms. The molecule has 0 aliphatic carbocycles. The maximum Gasteiger partial charge on any atom is 0.223 e. The first kappa shape index (κ1) is 12.3. The molecule has 0 aromatic rings. The molecule has 0 heterocycles. The molecule has 0 saturated carbocycles. The van der Waals surface area contributed by atoms with Crippen LogP contribution in [0.2, 0.25) is 0 Å². The number of carbonyl (C=O) groups is 1. The van der Waals surface area contributed by atoms with E-state index in [1.54, 1.807) is 14.1 Å². The molecule has 5 heteroatoms. The van der Waals surface area contributed by atoms with Crippen molar-refractivity contribution in [2.75, 3.05) is 33.9 Å². The minimum absolute atomic E-state index is 0.0297. The van der Waals surface area contributed by atoms with E-state index in [1.165, 1.54) is 4.90 Å². The van der Waals surface area contributed by atoms with Crippen molar-refractivity contribution in [3.05, 3.63) is 0 Å². The van der Waals surface area contributed by atoms with Gasteiger partial charge in [0.2, 0.25) is 5.91 Å².